The number of nitrogens with zero attached hydrogens (tertiary/aromatic N) is 1. The summed E-state index contributed by atoms with van der Waals surface area (Å²) in [6.07, 6.45) is 1.26. The van der Waals surface area contributed by atoms with Gasteiger partial charge in [0.15, 0.2) is 5.69 Å². The third-order valence-corrected chi connectivity index (χ3v) is 2.39. The van der Waals surface area contributed by atoms with Crippen molar-refractivity contribution in [2.75, 3.05) is 5.73 Å². The molecule has 17 heavy (non-hydrogen) atoms. The number of nitrogens with two attached hydrogens (primary N) is 1. The Morgan fingerprint density at radius 1 is 1.35 bits per heavy atom. The van der Waals surface area contributed by atoms with Crippen molar-refractivity contribution in [3.8, 4) is 11.6 Å². The fraction of sp³-hybridized carbons (Fsp3) is 0.167. The van der Waals surface area contributed by atoms with Crippen molar-refractivity contribution in [3.05, 3.63) is 46.0 Å². The van der Waals surface area contributed by atoms with Crippen molar-refractivity contribution in [1.29, 1.82) is 0 Å². The molecule has 0 radical (unpaired) electrons. The summed E-state index contributed by atoms with van der Waals surface area (Å²) in [7, 11) is 0. The van der Waals surface area contributed by atoms with Gasteiger partial charge in [0.05, 0.1) is 6.33 Å². The van der Waals surface area contributed by atoms with E-state index in [0.717, 1.165) is 11.1 Å². The lowest BCUT2D eigenvalue weighted by atomic mass is 10.1. The maximum absolute atomic E-state index is 11.3. The van der Waals surface area contributed by atoms with Gasteiger partial charge in [-0.05, 0) is 25.5 Å². The third kappa shape index (κ3) is 2.28. The number of nitrogen functional groups attached to an aromatic ring is 1. The Morgan fingerprint density at radius 3 is 2.82 bits per heavy atom. The predicted molar refractivity (Wildman–Crippen MR) is 65.3 cm³/mol. The first-order valence-electron chi connectivity index (χ1n) is 5.16. The van der Waals surface area contributed by atoms with Gasteiger partial charge >= 0.3 is 0 Å². The Bertz CT molecular complexity index is 605. The second kappa shape index (κ2) is 4.29. The van der Waals surface area contributed by atoms with E-state index in [1.807, 2.05) is 32.0 Å². The lowest BCUT2D eigenvalue weighted by molar-refractivity contribution is 0.460. The summed E-state index contributed by atoms with van der Waals surface area (Å²) in [5, 5.41) is 0. The minimum absolute atomic E-state index is 0.0209. The summed E-state index contributed by atoms with van der Waals surface area (Å²) in [4.78, 5) is 17.5. The molecule has 88 valence electrons. The summed E-state index contributed by atoms with van der Waals surface area (Å²) in [5.41, 5.74) is 7.26. The molecule has 5 nitrogen and oxygen atoms in total. The Hall–Kier alpha value is -2.30. The first-order valence-corrected chi connectivity index (χ1v) is 5.16. The summed E-state index contributed by atoms with van der Waals surface area (Å²) in [6.45, 7) is 3.92. The number of rotatable bonds is 2. The average Bonchev–Trinajstić information content (AvgIpc) is 2.28. The van der Waals surface area contributed by atoms with E-state index in [9.17, 15) is 4.79 Å². The van der Waals surface area contributed by atoms with E-state index >= 15 is 0 Å². The van der Waals surface area contributed by atoms with Crippen molar-refractivity contribution < 1.29 is 4.74 Å². The molecule has 0 aliphatic rings. The van der Waals surface area contributed by atoms with E-state index in [0.29, 0.717) is 5.75 Å². The average molecular weight is 231 g/mol. The molecule has 0 saturated carbocycles. The van der Waals surface area contributed by atoms with Gasteiger partial charge in [0, 0.05) is 0 Å². The number of hydrogen-bond donors (Lipinski definition) is 2. The molecular weight excluding hydrogens is 218 g/mol. The lowest BCUT2D eigenvalue weighted by Gasteiger charge is -2.09. The van der Waals surface area contributed by atoms with Crippen LogP contribution in [0, 0.1) is 13.8 Å². The van der Waals surface area contributed by atoms with Gasteiger partial charge < -0.3 is 15.5 Å². The highest BCUT2D eigenvalue weighted by molar-refractivity contribution is 5.48. The molecule has 1 aromatic carbocycles. The molecule has 0 aliphatic carbocycles. The minimum atomic E-state index is -0.403. The molecule has 5 heteroatoms. The number of aryl methyl sites for hydroxylation is 2. The van der Waals surface area contributed by atoms with E-state index in [-0.39, 0.29) is 11.6 Å². The fourth-order valence-corrected chi connectivity index (χ4v) is 1.49. The zero-order valence-corrected chi connectivity index (χ0v) is 9.65. The van der Waals surface area contributed by atoms with Crippen LogP contribution in [0.5, 0.6) is 11.6 Å². The highest BCUT2D eigenvalue weighted by atomic mass is 16.5. The van der Waals surface area contributed by atoms with E-state index < -0.39 is 5.56 Å². The van der Waals surface area contributed by atoms with Gasteiger partial charge in [-0.15, -0.1) is 0 Å². The Balaban J connectivity index is 2.38. The second-order valence-electron chi connectivity index (χ2n) is 3.82. The molecule has 0 bridgehead atoms. The molecule has 0 amide bonds. The van der Waals surface area contributed by atoms with Crippen molar-refractivity contribution in [3.63, 3.8) is 0 Å². The Labute approximate surface area is 98.3 Å². The van der Waals surface area contributed by atoms with E-state index in [1.54, 1.807) is 0 Å². The highest BCUT2D eigenvalue weighted by Crippen LogP contribution is 2.25. The molecule has 0 saturated heterocycles. The minimum Gasteiger partial charge on any atom is -0.437 e. The molecule has 0 atom stereocenters. The van der Waals surface area contributed by atoms with Crippen LogP contribution < -0.4 is 16.0 Å². The first-order chi connectivity index (χ1) is 8.08. The van der Waals surface area contributed by atoms with Gasteiger partial charge in [-0.25, -0.2) is 4.98 Å². The van der Waals surface area contributed by atoms with Gasteiger partial charge in [-0.3, -0.25) is 4.79 Å². The normalized spacial score (nSPS) is 10.2. The smallest absolute Gasteiger partial charge is 0.277 e. The molecule has 0 spiro atoms. The predicted octanol–water partition coefficient (Wildman–Crippen LogP) is 1.76. The van der Waals surface area contributed by atoms with Crippen LogP contribution >= 0.6 is 0 Å². The quantitative estimate of drug-likeness (QED) is 0.825. The summed E-state index contributed by atoms with van der Waals surface area (Å²) in [5.74, 6) is 0.765. The first kappa shape index (κ1) is 11.2. The summed E-state index contributed by atoms with van der Waals surface area (Å²) in [6, 6.07) is 5.73. The second-order valence-corrected chi connectivity index (χ2v) is 3.82. The topological polar surface area (TPSA) is 81.0 Å². The molecule has 2 rings (SSSR count). The van der Waals surface area contributed by atoms with Crippen LogP contribution in [0.1, 0.15) is 11.1 Å². The maximum Gasteiger partial charge on any atom is 0.277 e. The molecular formula is C12H13N3O2. The fourth-order valence-electron chi connectivity index (χ4n) is 1.49. The summed E-state index contributed by atoms with van der Waals surface area (Å²) < 4.78 is 5.52. The van der Waals surface area contributed by atoms with E-state index in [2.05, 4.69) is 9.97 Å². The van der Waals surface area contributed by atoms with Gasteiger partial charge in [-0.1, -0.05) is 17.7 Å². The molecule has 0 aliphatic heterocycles. The number of ether oxygens (including phenoxy) is 1. The zero-order chi connectivity index (χ0) is 12.4. The number of aromatic amines is 1. The molecule has 0 fully saturated rings. The lowest BCUT2D eigenvalue weighted by Crippen LogP contribution is -2.13. The molecule has 0 unspecified atom stereocenters. The van der Waals surface area contributed by atoms with Crippen LogP contribution in [0.4, 0.5) is 5.69 Å². The number of anilines is 1. The number of aromatic nitrogens is 2. The Kier molecular flexibility index (Phi) is 2.82. The van der Waals surface area contributed by atoms with Gasteiger partial charge in [0.1, 0.15) is 5.75 Å². The molecule has 3 N–H and O–H groups in total. The molecule has 1 aromatic heterocycles. The standard InChI is InChI=1S/C12H13N3O2/c1-7-3-4-9(8(2)5-7)17-12-10(13)11(16)14-6-15-12/h3-6H,13H2,1-2H3,(H,14,15,16). The van der Waals surface area contributed by atoms with Gasteiger partial charge in [0.2, 0.25) is 5.88 Å². The van der Waals surface area contributed by atoms with E-state index in [4.69, 9.17) is 10.5 Å². The Morgan fingerprint density at radius 2 is 2.12 bits per heavy atom. The van der Waals surface area contributed by atoms with Crippen LogP contribution in [0.3, 0.4) is 0 Å². The monoisotopic (exact) mass is 231 g/mol. The number of benzene rings is 1. The summed E-state index contributed by atoms with van der Waals surface area (Å²) >= 11 is 0. The van der Waals surface area contributed by atoms with Crippen LogP contribution in [-0.2, 0) is 0 Å². The number of H-pyrrole nitrogens is 1. The molecule has 1 heterocycles. The maximum atomic E-state index is 11.3. The SMILES string of the molecule is Cc1ccc(Oc2nc[nH]c(=O)c2N)c(C)c1. The third-order valence-electron chi connectivity index (χ3n) is 2.39. The van der Waals surface area contributed by atoms with E-state index in [1.165, 1.54) is 6.33 Å². The molecule has 2 aromatic rings. The van der Waals surface area contributed by atoms with Crippen LogP contribution in [0.25, 0.3) is 0 Å². The zero-order valence-electron chi connectivity index (χ0n) is 9.65. The van der Waals surface area contributed by atoms with Crippen molar-refractivity contribution in [2.24, 2.45) is 0 Å². The van der Waals surface area contributed by atoms with Gasteiger partial charge in [-0.2, -0.15) is 0 Å². The van der Waals surface area contributed by atoms with Crippen molar-refractivity contribution in [2.45, 2.75) is 13.8 Å². The van der Waals surface area contributed by atoms with Crippen LogP contribution in [-0.4, -0.2) is 9.97 Å². The van der Waals surface area contributed by atoms with Crippen LogP contribution in [0.2, 0.25) is 0 Å². The van der Waals surface area contributed by atoms with Crippen molar-refractivity contribution >= 4 is 5.69 Å². The highest BCUT2D eigenvalue weighted by Gasteiger charge is 2.08. The van der Waals surface area contributed by atoms with Crippen molar-refractivity contribution in [1.82, 2.24) is 9.97 Å². The number of nitrogens with one attached hydrogen (secondary N) is 1. The van der Waals surface area contributed by atoms with Gasteiger partial charge in [0.25, 0.3) is 5.56 Å². The van der Waals surface area contributed by atoms with Crippen LogP contribution in [0.15, 0.2) is 29.3 Å². The number of hydrogen-bond acceptors (Lipinski definition) is 4. The largest absolute Gasteiger partial charge is 0.437 e.